The van der Waals surface area contributed by atoms with Crippen molar-refractivity contribution in [3.8, 4) is 11.3 Å². The fourth-order valence-electron chi connectivity index (χ4n) is 1.75. The van der Waals surface area contributed by atoms with E-state index in [1.807, 2.05) is 0 Å². The van der Waals surface area contributed by atoms with E-state index >= 15 is 0 Å². The maximum absolute atomic E-state index is 13.0. The van der Waals surface area contributed by atoms with Gasteiger partial charge in [-0.05, 0) is 18.2 Å². The molecule has 0 aliphatic heterocycles. The van der Waals surface area contributed by atoms with Crippen molar-refractivity contribution < 1.29 is 18.3 Å². The van der Waals surface area contributed by atoms with Gasteiger partial charge in [-0.25, -0.2) is 0 Å². The number of nitrogens with two attached hydrogens (primary N) is 1. The van der Waals surface area contributed by atoms with Crippen molar-refractivity contribution in [2.75, 3.05) is 12.3 Å². The quantitative estimate of drug-likeness (QED) is 0.906. The standard InChI is InChI=1S/C13H12F3N3O/c14-13(15,16)11-5-9(17)7-19-12(11)8-1-2-10(3-4-20)18-6-8/h1-2,5-7,20H,3-4,17H2. The highest BCUT2D eigenvalue weighted by Crippen LogP contribution is 2.36. The van der Waals surface area contributed by atoms with Crippen molar-refractivity contribution in [2.24, 2.45) is 0 Å². The van der Waals surface area contributed by atoms with E-state index in [4.69, 9.17) is 10.8 Å². The van der Waals surface area contributed by atoms with Crippen LogP contribution in [0.5, 0.6) is 0 Å². The number of rotatable bonds is 3. The van der Waals surface area contributed by atoms with E-state index in [9.17, 15) is 13.2 Å². The van der Waals surface area contributed by atoms with Crippen LogP contribution < -0.4 is 5.73 Å². The molecule has 3 N–H and O–H groups in total. The molecule has 0 fully saturated rings. The zero-order valence-corrected chi connectivity index (χ0v) is 10.4. The van der Waals surface area contributed by atoms with Crippen LogP contribution in [0.2, 0.25) is 0 Å². The fourth-order valence-corrected chi connectivity index (χ4v) is 1.75. The van der Waals surface area contributed by atoms with E-state index < -0.39 is 11.7 Å². The highest BCUT2D eigenvalue weighted by Gasteiger charge is 2.34. The van der Waals surface area contributed by atoms with E-state index in [1.54, 1.807) is 6.07 Å². The minimum atomic E-state index is -4.54. The number of alkyl halides is 3. The minimum Gasteiger partial charge on any atom is -0.397 e. The summed E-state index contributed by atoms with van der Waals surface area (Å²) in [6, 6.07) is 3.90. The van der Waals surface area contributed by atoms with Gasteiger partial charge in [-0.1, -0.05) is 0 Å². The molecule has 0 unspecified atom stereocenters. The first-order valence-corrected chi connectivity index (χ1v) is 5.80. The molecule has 0 atom stereocenters. The van der Waals surface area contributed by atoms with Crippen molar-refractivity contribution in [3.63, 3.8) is 0 Å². The molecule has 4 nitrogen and oxygen atoms in total. The first-order chi connectivity index (χ1) is 9.41. The number of nitrogens with zero attached hydrogens (tertiary/aromatic N) is 2. The van der Waals surface area contributed by atoms with Gasteiger partial charge in [0.25, 0.3) is 0 Å². The number of hydrogen-bond donors (Lipinski definition) is 2. The summed E-state index contributed by atoms with van der Waals surface area (Å²) in [6.07, 6.45) is -1.71. The minimum absolute atomic E-state index is 0.0501. The van der Waals surface area contributed by atoms with E-state index in [2.05, 4.69) is 9.97 Å². The third-order valence-corrected chi connectivity index (χ3v) is 2.68. The van der Waals surface area contributed by atoms with Gasteiger partial charge >= 0.3 is 6.18 Å². The lowest BCUT2D eigenvalue weighted by Crippen LogP contribution is -2.09. The summed E-state index contributed by atoms with van der Waals surface area (Å²) in [5.41, 5.74) is 5.05. The normalized spacial score (nSPS) is 11.6. The van der Waals surface area contributed by atoms with Crippen molar-refractivity contribution in [2.45, 2.75) is 12.6 Å². The summed E-state index contributed by atoms with van der Waals surface area (Å²) in [5.74, 6) is 0. The van der Waals surface area contributed by atoms with Crippen molar-refractivity contribution in [1.29, 1.82) is 0 Å². The fraction of sp³-hybridized carbons (Fsp3) is 0.231. The lowest BCUT2D eigenvalue weighted by atomic mass is 10.1. The topological polar surface area (TPSA) is 72.0 Å². The summed E-state index contributed by atoms with van der Waals surface area (Å²) >= 11 is 0. The zero-order chi connectivity index (χ0) is 14.8. The predicted octanol–water partition coefficient (Wildman–Crippen LogP) is 2.28. The molecule has 0 aromatic carbocycles. The van der Waals surface area contributed by atoms with Gasteiger partial charge in [-0.2, -0.15) is 13.2 Å². The maximum atomic E-state index is 13.0. The second kappa shape index (κ2) is 5.46. The van der Waals surface area contributed by atoms with Gasteiger partial charge in [-0.15, -0.1) is 0 Å². The average Bonchev–Trinajstić information content (AvgIpc) is 2.39. The zero-order valence-electron chi connectivity index (χ0n) is 10.4. The Bertz CT molecular complexity index is 597. The molecule has 2 heterocycles. The van der Waals surface area contributed by atoms with Gasteiger partial charge in [0, 0.05) is 30.5 Å². The van der Waals surface area contributed by atoms with Crippen LogP contribution in [0.15, 0.2) is 30.6 Å². The average molecular weight is 283 g/mol. The molecule has 106 valence electrons. The van der Waals surface area contributed by atoms with Crippen LogP contribution in [0.4, 0.5) is 18.9 Å². The molecule has 2 rings (SSSR count). The first kappa shape index (κ1) is 14.3. The number of nitrogen functional groups attached to an aromatic ring is 1. The molecular formula is C13H12F3N3O. The Labute approximate surface area is 113 Å². The summed E-state index contributed by atoms with van der Waals surface area (Å²) in [5, 5.41) is 8.77. The monoisotopic (exact) mass is 283 g/mol. The third-order valence-electron chi connectivity index (χ3n) is 2.68. The molecule has 0 bridgehead atoms. The Morgan fingerprint density at radius 1 is 1.15 bits per heavy atom. The molecule has 0 aliphatic carbocycles. The van der Waals surface area contributed by atoms with Crippen molar-refractivity contribution in [3.05, 3.63) is 41.9 Å². The molecule has 0 spiro atoms. The molecule has 7 heteroatoms. The van der Waals surface area contributed by atoms with E-state index in [0.29, 0.717) is 12.1 Å². The Morgan fingerprint density at radius 2 is 1.90 bits per heavy atom. The Hall–Kier alpha value is -2.15. The number of hydrogen-bond acceptors (Lipinski definition) is 4. The second-order valence-corrected chi connectivity index (χ2v) is 4.17. The van der Waals surface area contributed by atoms with Gasteiger partial charge in [0.15, 0.2) is 0 Å². The molecule has 0 aliphatic rings. The summed E-state index contributed by atoms with van der Waals surface area (Å²) < 4.78 is 38.9. The van der Waals surface area contributed by atoms with Crippen molar-refractivity contribution in [1.82, 2.24) is 9.97 Å². The van der Waals surface area contributed by atoms with Crippen LogP contribution in [-0.4, -0.2) is 21.7 Å². The number of aromatic nitrogens is 2. The smallest absolute Gasteiger partial charge is 0.397 e. The SMILES string of the molecule is Nc1cnc(-c2ccc(CCO)nc2)c(C(F)(F)F)c1. The van der Waals surface area contributed by atoms with Gasteiger partial charge < -0.3 is 10.8 Å². The summed E-state index contributed by atoms with van der Waals surface area (Å²) in [4.78, 5) is 7.75. The number of aliphatic hydroxyl groups excluding tert-OH is 1. The van der Waals surface area contributed by atoms with E-state index in [1.165, 1.54) is 18.5 Å². The Kier molecular flexibility index (Phi) is 3.89. The van der Waals surface area contributed by atoms with Gasteiger partial charge in [0.1, 0.15) is 0 Å². The van der Waals surface area contributed by atoms with Gasteiger partial charge in [-0.3, -0.25) is 9.97 Å². The Morgan fingerprint density at radius 3 is 2.45 bits per heavy atom. The summed E-state index contributed by atoms with van der Waals surface area (Å²) in [6.45, 7) is -0.0692. The largest absolute Gasteiger partial charge is 0.418 e. The Balaban J connectivity index is 2.47. The highest BCUT2D eigenvalue weighted by molar-refractivity contribution is 5.65. The molecule has 2 aromatic rings. The molecule has 0 radical (unpaired) electrons. The number of halogens is 3. The van der Waals surface area contributed by atoms with Crippen molar-refractivity contribution >= 4 is 5.69 Å². The first-order valence-electron chi connectivity index (χ1n) is 5.80. The van der Waals surface area contributed by atoms with E-state index in [-0.39, 0.29) is 23.6 Å². The predicted molar refractivity (Wildman–Crippen MR) is 67.7 cm³/mol. The van der Waals surface area contributed by atoms with Crippen LogP contribution in [0.1, 0.15) is 11.3 Å². The van der Waals surface area contributed by atoms with E-state index in [0.717, 1.165) is 6.07 Å². The molecule has 0 amide bonds. The third kappa shape index (κ3) is 3.05. The lowest BCUT2D eigenvalue weighted by Gasteiger charge is -2.12. The number of anilines is 1. The lowest BCUT2D eigenvalue weighted by molar-refractivity contribution is -0.137. The van der Waals surface area contributed by atoms with Crippen LogP contribution in [0.3, 0.4) is 0 Å². The van der Waals surface area contributed by atoms with Crippen LogP contribution in [0, 0.1) is 0 Å². The molecular weight excluding hydrogens is 271 g/mol. The molecule has 0 saturated carbocycles. The van der Waals surface area contributed by atoms with Crippen LogP contribution in [-0.2, 0) is 12.6 Å². The molecule has 0 saturated heterocycles. The second-order valence-electron chi connectivity index (χ2n) is 4.17. The number of aliphatic hydroxyl groups is 1. The van der Waals surface area contributed by atoms with Gasteiger partial charge in [0.05, 0.1) is 23.1 Å². The maximum Gasteiger partial charge on any atom is 0.418 e. The highest BCUT2D eigenvalue weighted by atomic mass is 19.4. The molecule has 20 heavy (non-hydrogen) atoms. The summed E-state index contributed by atoms with van der Waals surface area (Å²) in [7, 11) is 0. The number of pyridine rings is 2. The molecule has 2 aromatic heterocycles. The van der Waals surface area contributed by atoms with Gasteiger partial charge in [0.2, 0.25) is 0 Å². The van der Waals surface area contributed by atoms with Crippen LogP contribution in [0.25, 0.3) is 11.3 Å². The van der Waals surface area contributed by atoms with Crippen LogP contribution >= 0.6 is 0 Å².